The highest BCUT2D eigenvalue weighted by Gasteiger charge is 2.14. The second kappa shape index (κ2) is 5.14. The van der Waals surface area contributed by atoms with Gasteiger partial charge in [-0.15, -0.1) is 0 Å². The van der Waals surface area contributed by atoms with Crippen LogP contribution < -0.4 is 0 Å². The molecule has 2 aromatic rings. The van der Waals surface area contributed by atoms with Crippen molar-refractivity contribution in [1.82, 2.24) is 4.90 Å². The Balaban J connectivity index is 1.84. The second-order valence-corrected chi connectivity index (χ2v) is 5.69. The molecule has 18 heavy (non-hydrogen) atoms. The Kier molecular flexibility index (Phi) is 3.37. The van der Waals surface area contributed by atoms with Gasteiger partial charge in [-0.05, 0) is 39.3 Å². The second-order valence-electron chi connectivity index (χ2n) is 4.52. The maximum Gasteiger partial charge on any atom is 0.0434 e. The van der Waals surface area contributed by atoms with E-state index in [1.54, 1.807) is 0 Å². The van der Waals surface area contributed by atoms with Gasteiger partial charge >= 0.3 is 0 Å². The molecule has 0 atom stereocenters. The summed E-state index contributed by atoms with van der Waals surface area (Å²) < 4.78 is 1.32. The molecule has 0 unspecified atom stereocenters. The quantitative estimate of drug-likeness (QED) is 0.727. The first-order chi connectivity index (χ1) is 8.83. The number of hydrogen-bond acceptors (Lipinski definition) is 1. The summed E-state index contributed by atoms with van der Waals surface area (Å²) in [7, 11) is 0. The van der Waals surface area contributed by atoms with E-state index in [0.717, 1.165) is 13.1 Å². The SMILES string of the molecule is IC1=CN(Cc2ccccc2)Cc2ccccc21. The van der Waals surface area contributed by atoms with E-state index < -0.39 is 0 Å². The molecular weight excluding hydrogens is 333 g/mol. The van der Waals surface area contributed by atoms with E-state index >= 15 is 0 Å². The van der Waals surface area contributed by atoms with Gasteiger partial charge in [-0.1, -0.05) is 54.6 Å². The van der Waals surface area contributed by atoms with Gasteiger partial charge in [0, 0.05) is 22.9 Å². The molecule has 0 saturated carbocycles. The van der Waals surface area contributed by atoms with Crippen LogP contribution in [0.2, 0.25) is 0 Å². The summed E-state index contributed by atoms with van der Waals surface area (Å²) in [5.74, 6) is 0. The molecule has 0 saturated heterocycles. The number of hydrogen-bond donors (Lipinski definition) is 0. The van der Waals surface area contributed by atoms with Crippen molar-refractivity contribution in [2.24, 2.45) is 0 Å². The predicted molar refractivity (Wildman–Crippen MR) is 84.1 cm³/mol. The fourth-order valence-electron chi connectivity index (χ4n) is 2.30. The van der Waals surface area contributed by atoms with Crippen molar-refractivity contribution in [3.63, 3.8) is 0 Å². The number of nitrogens with zero attached hydrogens (tertiary/aromatic N) is 1. The Hall–Kier alpha value is -1.29. The Labute approximate surface area is 121 Å². The Morgan fingerprint density at radius 3 is 2.50 bits per heavy atom. The minimum Gasteiger partial charge on any atom is -0.368 e. The molecule has 0 spiro atoms. The van der Waals surface area contributed by atoms with Crippen LogP contribution in [0.5, 0.6) is 0 Å². The van der Waals surface area contributed by atoms with E-state index in [1.807, 2.05) is 0 Å². The van der Waals surface area contributed by atoms with Crippen molar-refractivity contribution >= 4 is 26.2 Å². The molecule has 0 bridgehead atoms. The van der Waals surface area contributed by atoms with Gasteiger partial charge in [0.2, 0.25) is 0 Å². The van der Waals surface area contributed by atoms with E-state index in [4.69, 9.17) is 0 Å². The summed E-state index contributed by atoms with van der Waals surface area (Å²) in [6, 6.07) is 19.3. The molecule has 1 aliphatic heterocycles. The highest BCUT2D eigenvalue weighted by molar-refractivity contribution is 14.1. The minimum absolute atomic E-state index is 0.974. The highest BCUT2D eigenvalue weighted by Crippen LogP contribution is 2.31. The summed E-state index contributed by atoms with van der Waals surface area (Å²) in [6.07, 6.45) is 2.26. The van der Waals surface area contributed by atoms with Gasteiger partial charge in [-0.25, -0.2) is 0 Å². The van der Waals surface area contributed by atoms with Crippen LogP contribution in [0.15, 0.2) is 60.8 Å². The van der Waals surface area contributed by atoms with Crippen LogP contribution in [0, 0.1) is 0 Å². The molecule has 1 nitrogen and oxygen atoms in total. The van der Waals surface area contributed by atoms with Crippen molar-refractivity contribution in [3.05, 3.63) is 77.5 Å². The molecule has 1 heterocycles. The van der Waals surface area contributed by atoms with E-state index in [9.17, 15) is 0 Å². The lowest BCUT2D eigenvalue weighted by Gasteiger charge is -2.27. The van der Waals surface area contributed by atoms with Crippen molar-refractivity contribution in [1.29, 1.82) is 0 Å². The van der Waals surface area contributed by atoms with Crippen LogP contribution in [0.3, 0.4) is 0 Å². The lowest BCUT2D eigenvalue weighted by molar-refractivity contribution is 0.359. The molecule has 2 heteroatoms. The minimum atomic E-state index is 0.974. The summed E-state index contributed by atoms with van der Waals surface area (Å²) in [5, 5.41) is 0. The lowest BCUT2D eigenvalue weighted by Crippen LogP contribution is -2.20. The van der Waals surface area contributed by atoms with Gasteiger partial charge in [0.25, 0.3) is 0 Å². The van der Waals surface area contributed by atoms with Crippen LogP contribution in [0.1, 0.15) is 16.7 Å². The number of rotatable bonds is 2. The first-order valence-corrected chi connectivity index (χ1v) is 7.14. The number of halogens is 1. The molecule has 2 aromatic carbocycles. The van der Waals surface area contributed by atoms with Crippen LogP contribution in [0.4, 0.5) is 0 Å². The van der Waals surface area contributed by atoms with Crippen LogP contribution >= 0.6 is 22.6 Å². The first-order valence-electron chi connectivity index (χ1n) is 6.06. The zero-order valence-electron chi connectivity index (χ0n) is 10.0. The molecule has 0 fully saturated rings. The fourth-order valence-corrected chi connectivity index (χ4v) is 3.23. The zero-order valence-corrected chi connectivity index (χ0v) is 12.2. The number of benzene rings is 2. The van der Waals surface area contributed by atoms with Crippen LogP contribution in [-0.2, 0) is 13.1 Å². The maximum atomic E-state index is 2.43. The third-order valence-corrected chi connectivity index (χ3v) is 4.03. The molecule has 0 N–H and O–H groups in total. The largest absolute Gasteiger partial charge is 0.368 e. The van der Waals surface area contributed by atoms with Crippen molar-refractivity contribution in [2.75, 3.05) is 0 Å². The topological polar surface area (TPSA) is 3.24 Å². The van der Waals surface area contributed by atoms with Crippen molar-refractivity contribution in [2.45, 2.75) is 13.1 Å². The summed E-state index contributed by atoms with van der Waals surface area (Å²) >= 11 is 2.43. The predicted octanol–water partition coefficient (Wildman–Crippen LogP) is 4.44. The fraction of sp³-hybridized carbons (Fsp3) is 0.125. The standard InChI is InChI=1S/C16H14IN/c17-16-12-18(10-13-6-2-1-3-7-13)11-14-8-4-5-9-15(14)16/h1-9,12H,10-11H2. The van der Waals surface area contributed by atoms with Crippen LogP contribution in [-0.4, -0.2) is 4.90 Å². The average Bonchev–Trinajstić information content (AvgIpc) is 2.40. The Morgan fingerprint density at radius 1 is 0.944 bits per heavy atom. The monoisotopic (exact) mass is 347 g/mol. The van der Waals surface area contributed by atoms with Gasteiger partial charge < -0.3 is 4.90 Å². The number of fused-ring (bicyclic) bond motifs is 1. The molecule has 3 rings (SSSR count). The Morgan fingerprint density at radius 2 is 1.67 bits per heavy atom. The Bertz CT molecular complexity index is 575. The molecule has 0 aromatic heterocycles. The highest BCUT2D eigenvalue weighted by atomic mass is 127. The third kappa shape index (κ3) is 2.43. The molecule has 90 valence electrons. The molecule has 0 amide bonds. The van der Waals surface area contributed by atoms with Gasteiger partial charge in [0.15, 0.2) is 0 Å². The third-order valence-electron chi connectivity index (χ3n) is 3.17. The summed E-state index contributed by atoms with van der Waals surface area (Å²) in [6.45, 7) is 1.97. The van der Waals surface area contributed by atoms with E-state index in [0.29, 0.717) is 0 Å². The summed E-state index contributed by atoms with van der Waals surface area (Å²) in [4.78, 5) is 2.37. The average molecular weight is 347 g/mol. The maximum absolute atomic E-state index is 2.43. The molecule has 0 aliphatic carbocycles. The van der Waals surface area contributed by atoms with Gasteiger partial charge in [-0.3, -0.25) is 0 Å². The van der Waals surface area contributed by atoms with Crippen LogP contribution in [0.25, 0.3) is 3.58 Å². The smallest absolute Gasteiger partial charge is 0.0434 e. The van der Waals surface area contributed by atoms with E-state index in [-0.39, 0.29) is 0 Å². The van der Waals surface area contributed by atoms with Crippen molar-refractivity contribution in [3.8, 4) is 0 Å². The van der Waals surface area contributed by atoms with Gasteiger partial charge in [0.05, 0.1) is 0 Å². The van der Waals surface area contributed by atoms with E-state index in [2.05, 4.69) is 88.3 Å². The molecule has 1 aliphatic rings. The van der Waals surface area contributed by atoms with E-state index in [1.165, 1.54) is 20.3 Å². The lowest BCUT2D eigenvalue weighted by atomic mass is 10.0. The molecule has 0 radical (unpaired) electrons. The van der Waals surface area contributed by atoms with Gasteiger partial charge in [0.1, 0.15) is 0 Å². The van der Waals surface area contributed by atoms with Gasteiger partial charge in [-0.2, -0.15) is 0 Å². The first kappa shape index (κ1) is 11.8. The molecular formula is C16H14IN. The van der Waals surface area contributed by atoms with Crippen molar-refractivity contribution < 1.29 is 0 Å². The zero-order chi connectivity index (χ0) is 12.4. The summed E-state index contributed by atoms with van der Waals surface area (Å²) in [5.41, 5.74) is 4.15. The normalized spacial score (nSPS) is 14.1.